The van der Waals surface area contributed by atoms with Crippen molar-refractivity contribution in [3.63, 3.8) is 0 Å². The fourth-order valence-corrected chi connectivity index (χ4v) is 3.25. The molecule has 0 aliphatic carbocycles. The van der Waals surface area contributed by atoms with Crippen LogP contribution in [-0.2, 0) is 9.59 Å². The number of benzene rings is 2. The minimum absolute atomic E-state index is 0.293. The Morgan fingerprint density at radius 2 is 1.55 bits per heavy atom. The number of rotatable bonds is 5. The van der Waals surface area contributed by atoms with E-state index in [0.29, 0.717) is 5.69 Å². The van der Waals surface area contributed by atoms with Gasteiger partial charge in [0.1, 0.15) is 5.75 Å². The average molecular weight is 396 g/mol. The van der Waals surface area contributed by atoms with Gasteiger partial charge < -0.3 is 25.2 Å². The Kier molecular flexibility index (Phi) is 6.72. The molecule has 0 bridgehead atoms. The number of carbonyl (C=O) groups excluding carboxylic acids is 2. The summed E-state index contributed by atoms with van der Waals surface area (Å²) >= 11 is 0. The molecule has 2 N–H and O–H groups in total. The second-order valence-corrected chi connectivity index (χ2v) is 7.26. The number of amides is 2. The van der Waals surface area contributed by atoms with E-state index in [-0.39, 0.29) is 6.04 Å². The van der Waals surface area contributed by atoms with Crippen molar-refractivity contribution in [2.45, 2.75) is 13.0 Å². The van der Waals surface area contributed by atoms with Crippen molar-refractivity contribution in [1.82, 2.24) is 10.2 Å². The molecule has 0 aromatic heterocycles. The van der Waals surface area contributed by atoms with Crippen molar-refractivity contribution >= 4 is 23.2 Å². The number of piperazine rings is 1. The molecule has 7 nitrogen and oxygen atoms in total. The fourth-order valence-electron chi connectivity index (χ4n) is 3.25. The van der Waals surface area contributed by atoms with Crippen LogP contribution in [0.5, 0.6) is 5.75 Å². The first-order valence-corrected chi connectivity index (χ1v) is 9.75. The summed E-state index contributed by atoms with van der Waals surface area (Å²) in [4.78, 5) is 29.1. The van der Waals surface area contributed by atoms with Crippen LogP contribution in [0.2, 0.25) is 0 Å². The Morgan fingerprint density at radius 3 is 2.14 bits per heavy atom. The van der Waals surface area contributed by atoms with Gasteiger partial charge in [0.15, 0.2) is 0 Å². The molecular weight excluding hydrogens is 368 g/mol. The Morgan fingerprint density at radius 1 is 0.931 bits per heavy atom. The Hall–Kier alpha value is -3.06. The maximum atomic E-state index is 12.2. The van der Waals surface area contributed by atoms with E-state index in [1.165, 1.54) is 0 Å². The van der Waals surface area contributed by atoms with Crippen LogP contribution >= 0.6 is 0 Å². The topological polar surface area (TPSA) is 73.9 Å². The highest BCUT2D eigenvalue weighted by Gasteiger charge is 2.18. The number of hydrogen-bond donors (Lipinski definition) is 2. The summed E-state index contributed by atoms with van der Waals surface area (Å²) in [6.07, 6.45) is 0. The lowest BCUT2D eigenvalue weighted by atomic mass is 10.1. The lowest BCUT2D eigenvalue weighted by molar-refractivity contribution is -0.136. The van der Waals surface area contributed by atoms with E-state index in [1.54, 1.807) is 7.11 Å². The van der Waals surface area contributed by atoms with Gasteiger partial charge in [-0.05, 0) is 55.9 Å². The molecule has 0 radical (unpaired) electrons. The van der Waals surface area contributed by atoms with Gasteiger partial charge in [-0.2, -0.15) is 0 Å². The lowest BCUT2D eigenvalue weighted by Gasteiger charge is -2.34. The molecule has 1 heterocycles. The Balaban J connectivity index is 1.52. The Labute approximate surface area is 171 Å². The standard InChI is InChI=1S/C22H28N4O3/c1-16(17-4-10-20(29-3)11-5-17)23-21(27)22(28)24-18-6-8-19(9-7-18)26-14-12-25(2)13-15-26/h4-11,16H,12-15H2,1-3H3,(H,23,27)(H,24,28). The summed E-state index contributed by atoms with van der Waals surface area (Å²) in [7, 11) is 3.72. The van der Waals surface area contributed by atoms with Crippen molar-refractivity contribution in [2.75, 3.05) is 50.6 Å². The van der Waals surface area contributed by atoms with Crippen LogP contribution < -0.4 is 20.3 Å². The van der Waals surface area contributed by atoms with Gasteiger partial charge in [-0.15, -0.1) is 0 Å². The van der Waals surface area contributed by atoms with Crippen LogP contribution in [0.4, 0.5) is 11.4 Å². The smallest absolute Gasteiger partial charge is 0.313 e. The maximum absolute atomic E-state index is 12.2. The second-order valence-electron chi connectivity index (χ2n) is 7.26. The van der Waals surface area contributed by atoms with Crippen LogP contribution in [0, 0.1) is 0 Å². The third-order valence-electron chi connectivity index (χ3n) is 5.16. The molecule has 1 atom stereocenters. The van der Waals surface area contributed by atoms with Crippen molar-refractivity contribution in [3.05, 3.63) is 54.1 Å². The number of nitrogens with zero attached hydrogens (tertiary/aromatic N) is 2. The average Bonchev–Trinajstić information content (AvgIpc) is 2.75. The largest absolute Gasteiger partial charge is 0.497 e. The molecule has 154 valence electrons. The number of ether oxygens (including phenoxy) is 1. The SMILES string of the molecule is COc1ccc(C(C)NC(=O)C(=O)Nc2ccc(N3CCN(C)CC3)cc2)cc1. The first kappa shape index (κ1) is 20.7. The predicted molar refractivity (Wildman–Crippen MR) is 114 cm³/mol. The molecule has 3 rings (SSSR count). The normalized spacial score (nSPS) is 15.5. The molecule has 29 heavy (non-hydrogen) atoms. The molecule has 7 heteroatoms. The highest BCUT2D eigenvalue weighted by Crippen LogP contribution is 2.20. The third-order valence-corrected chi connectivity index (χ3v) is 5.16. The maximum Gasteiger partial charge on any atom is 0.313 e. The highest BCUT2D eigenvalue weighted by molar-refractivity contribution is 6.39. The van der Waals surface area contributed by atoms with E-state index < -0.39 is 11.8 Å². The summed E-state index contributed by atoms with van der Waals surface area (Å²) in [6.45, 7) is 5.86. The molecule has 2 aromatic carbocycles. The van der Waals surface area contributed by atoms with Gasteiger partial charge in [0.05, 0.1) is 13.2 Å². The van der Waals surface area contributed by atoms with Gasteiger partial charge in [0, 0.05) is 37.6 Å². The lowest BCUT2D eigenvalue weighted by Crippen LogP contribution is -2.44. The van der Waals surface area contributed by atoms with Gasteiger partial charge in [-0.1, -0.05) is 12.1 Å². The monoisotopic (exact) mass is 396 g/mol. The molecule has 2 aromatic rings. The summed E-state index contributed by atoms with van der Waals surface area (Å²) < 4.78 is 5.13. The zero-order valence-electron chi connectivity index (χ0n) is 17.1. The summed E-state index contributed by atoms with van der Waals surface area (Å²) in [5, 5.41) is 5.37. The molecule has 1 saturated heterocycles. The van der Waals surface area contributed by atoms with Gasteiger partial charge in [0.2, 0.25) is 0 Å². The van der Waals surface area contributed by atoms with E-state index in [1.807, 2.05) is 55.5 Å². The molecular formula is C22H28N4O3. The van der Waals surface area contributed by atoms with Crippen molar-refractivity contribution in [3.8, 4) is 5.75 Å². The molecule has 1 aliphatic heterocycles. The fraction of sp³-hybridized carbons (Fsp3) is 0.364. The van der Waals surface area contributed by atoms with Crippen molar-refractivity contribution < 1.29 is 14.3 Å². The minimum atomic E-state index is -0.683. The van der Waals surface area contributed by atoms with Gasteiger partial charge >= 0.3 is 11.8 Å². The molecule has 1 fully saturated rings. The molecule has 2 amide bonds. The van der Waals surface area contributed by atoms with Crippen molar-refractivity contribution in [1.29, 1.82) is 0 Å². The molecule has 1 unspecified atom stereocenters. The van der Waals surface area contributed by atoms with E-state index in [4.69, 9.17) is 4.74 Å². The predicted octanol–water partition coefficient (Wildman–Crippen LogP) is 2.26. The van der Waals surface area contributed by atoms with Crippen LogP contribution in [0.25, 0.3) is 0 Å². The number of likely N-dealkylation sites (N-methyl/N-ethyl adjacent to an activating group) is 1. The Bertz CT molecular complexity index is 828. The van der Waals surface area contributed by atoms with Gasteiger partial charge in [-0.25, -0.2) is 0 Å². The first-order valence-electron chi connectivity index (χ1n) is 9.75. The summed E-state index contributed by atoms with van der Waals surface area (Å²) in [5.41, 5.74) is 2.61. The minimum Gasteiger partial charge on any atom is -0.497 e. The molecule has 0 saturated carbocycles. The van der Waals surface area contributed by atoms with Crippen LogP contribution in [0.15, 0.2) is 48.5 Å². The zero-order valence-corrected chi connectivity index (χ0v) is 17.1. The number of carbonyl (C=O) groups is 2. The van der Waals surface area contributed by atoms with Crippen LogP contribution in [-0.4, -0.2) is 57.1 Å². The van der Waals surface area contributed by atoms with E-state index >= 15 is 0 Å². The molecule has 1 aliphatic rings. The summed E-state index contributed by atoms with van der Waals surface area (Å²) in [5.74, 6) is -0.612. The zero-order chi connectivity index (χ0) is 20.8. The number of anilines is 2. The first-order chi connectivity index (χ1) is 14.0. The number of methoxy groups -OCH3 is 1. The van der Waals surface area contributed by atoms with Crippen LogP contribution in [0.3, 0.4) is 0 Å². The summed E-state index contributed by atoms with van der Waals surface area (Å²) in [6, 6.07) is 14.7. The third kappa shape index (κ3) is 5.48. The number of nitrogens with one attached hydrogen (secondary N) is 2. The van der Waals surface area contributed by atoms with Gasteiger partial charge in [-0.3, -0.25) is 9.59 Å². The molecule has 0 spiro atoms. The quantitative estimate of drug-likeness (QED) is 0.759. The highest BCUT2D eigenvalue weighted by atomic mass is 16.5. The van der Waals surface area contributed by atoms with E-state index in [2.05, 4.69) is 27.5 Å². The van der Waals surface area contributed by atoms with Gasteiger partial charge in [0.25, 0.3) is 0 Å². The van der Waals surface area contributed by atoms with E-state index in [0.717, 1.165) is 43.2 Å². The number of hydrogen-bond acceptors (Lipinski definition) is 5. The van der Waals surface area contributed by atoms with E-state index in [9.17, 15) is 9.59 Å². The van der Waals surface area contributed by atoms with Crippen LogP contribution in [0.1, 0.15) is 18.5 Å². The second kappa shape index (κ2) is 9.43. The van der Waals surface area contributed by atoms with Crippen molar-refractivity contribution in [2.24, 2.45) is 0 Å².